The van der Waals surface area contributed by atoms with Crippen LogP contribution in [0.5, 0.6) is 5.75 Å². The normalized spacial score (nSPS) is 10.9. The molecule has 31 heavy (non-hydrogen) atoms. The third-order valence-electron chi connectivity index (χ3n) is 4.54. The topological polar surface area (TPSA) is 84.7 Å². The minimum absolute atomic E-state index is 0.466. The summed E-state index contributed by atoms with van der Waals surface area (Å²) < 4.78 is 7.01. The van der Waals surface area contributed by atoms with Crippen LogP contribution in [0.1, 0.15) is 17.0 Å². The number of aryl methyl sites for hydroxylation is 1. The first-order valence-corrected chi connectivity index (χ1v) is 9.98. The Morgan fingerprint density at radius 3 is 2.39 bits per heavy atom. The van der Waals surface area contributed by atoms with Gasteiger partial charge in [-0.05, 0) is 62.4 Å². The number of nitrogens with one attached hydrogen (secondary N) is 2. The second-order valence-electron chi connectivity index (χ2n) is 6.64. The van der Waals surface area contributed by atoms with Gasteiger partial charge in [-0.2, -0.15) is 5.10 Å². The number of carbonyl (C=O) groups is 2. The molecule has 0 spiro atoms. The zero-order valence-corrected chi connectivity index (χ0v) is 18.6. The van der Waals surface area contributed by atoms with E-state index in [-0.39, 0.29) is 0 Å². The van der Waals surface area contributed by atoms with Crippen molar-refractivity contribution in [3.63, 3.8) is 0 Å². The van der Waals surface area contributed by atoms with Crippen molar-refractivity contribution in [3.8, 4) is 11.4 Å². The highest BCUT2D eigenvalue weighted by atomic mass is 35.5. The number of nitrogens with zero attached hydrogens (tertiary/aromatic N) is 2. The molecule has 7 nitrogen and oxygen atoms in total. The summed E-state index contributed by atoms with van der Waals surface area (Å²) in [5.41, 5.74) is 6.03. The number of amides is 2. The Morgan fingerprint density at radius 2 is 1.74 bits per heavy atom. The van der Waals surface area contributed by atoms with Crippen LogP contribution in [0.2, 0.25) is 10.0 Å². The fourth-order valence-corrected chi connectivity index (χ4v) is 3.52. The smallest absolute Gasteiger partial charge is 0.329 e. The van der Waals surface area contributed by atoms with Gasteiger partial charge >= 0.3 is 11.8 Å². The molecule has 0 bridgehead atoms. The molecule has 0 unspecified atom stereocenters. The van der Waals surface area contributed by atoms with Crippen molar-refractivity contribution in [3.05, 3.63) is 75.5 Å². The molecular weight excluding hydrogens is 439 g/mol. The lowest BCUT2D eigenvalue weighted by molar-refractivity contribution is -0.136. The summed E-state index contributed by atoms with van der Waals surface area (Å²) in [7, 11) is 1.54. The van der Waals surface area contributed by atoms with Crippen molar-refractivity contribution < 1.29 is 14.3 Å². The predicted octanol–water partition coefficient (Wildman–Crippen LogP) is 4.50. The number of hydrazone groups is 1. The summed E-state index contributed by atoms with van der Waals surface area (Å²) >= 11 is 12.3. The maximum absolute atomic E-state index is 12.0. The third-order valence-corrected chi connectivity index (χ3v) is 5.08. The molecule has 0 fully saturated rings. The molecule has 0 radical (unpaired) electrons. The second-order valence-corrected chi connectivity index (χ2v) is 7.48. The van der Waals surface area contributed by atoms with Gasteiger partial charge in [-0.1, -0.05) is 23.2 Å². The fourth-order valence-electron chi connectivity index (χ4n) is 3.03. The lowest BCUT2D eigenvalue weighted by Crippen LogP contribution is -2.32. The van der Waals surface area contributed by atoms with Gasteiger partial charge in [0.2, 0.25) is 0 Å². The Balaban J connectivity index is 1.67. The summed E-state index contributed by atoms with van der Waals surface area (Å²) in [6, 6.07) is 13.8. The number of halogens is 2. The van der Waals surface area contributed by atoms with Crippen LogP contribution in [-0.2, 0) is 9.59 Å². The summed E-state index contributed by atoms with van der Waals surface area (Å²) in [5, 5.41) is 7.46. The zero-order chi connectivity index (χ0) is 22.5. The van der Waals surface area contributed by atoms with Crippen molar-refractivity contribution in [1.82, 2.24) is 9.99 Å². The van der Waals surface area contributed by atoms with Gasteiger partial charge < -0.3 is 14.6 Å². The SMILES string of the molecule is COc1ccc(NC(=O)C(=O)N/N=C\c2cc(C)n(-c3ccc(Cl)cc3Cl)c2C)cc1. The van der Waals surface area contributed by atoms with Crippen LogP contribution in [0.4, 0.5) is 5.69 Å². The van der Waals surface area contributed by atoms with Crippen LogP contribution in [0.3, 0.4) is 0 Å². The van der Waals surface area contributed by atoms with Gasteiger partial charge in [0.25, 0.3) is 0 Å². The molecule has 0 aliphatic carbocycles. The first-order valence-electron chi connectivity index (χ1n) is 9.23. The van der Waals surface area contributed by atoms with E-state index in [1.165, 1.54) is 6.21 Å². The van der Waals surface area contributed by atoms with E-state index in [0.29, 0.717) is 21.5 Å². The molecule has 0 atom stereocenters. The number of hydrogen-bond acceptors (Lipinski definition) is 4. The molecule has 0 saturated heterocycles. The molecule has 9 heteroatoms. The van der Waals surface area contributed by atoms with Gasteiger partial charge in [-0.15, -0.1) is 0 Å². The van der Waals surface area contributed by atoms with E-state index >= 15 is 0 Å². The lowest BCUT2D eigenvalue weighted by Gasteiger charge is -2.11. The number of anilines is 1. The Morgan fingerprint density at radius 1 is 1.03 bits per heavy atom. The van der Waals surface area contributed by atoms with E-state index < -0.39 is 11.8 Å². The molecular formula is C22H20Cl2N4O3. The van der Waals surface area contributed by atoms with Gasteiger partial charge in [0.15, 0.2) is 0 Å². The standard InChI is InChI=1S/C22H20Cl2N4O3/c1-13-10-15(14(2)28(13)20-9-4-16(23)11-19(20)24)12-25-27-22(30)21(29)26-17-5-7-18(31-3)8-6-17/h4-12H,1-3H3,(H,26,29)(H,27,30)/b25-12-. The number of benzene rings is 2. The first kappa shape index (κ1) is 22.4. The molecule has 2 N–H and O–H groups in total. The third kappa shape index (κ3) is 5.25. The number of rotatable bonds is 5. The highest BCUT2D eigenvalue weighted by molar-refractivity contribution is 6.39. The number of aromatic nitrogens is 1. The summed E-state index contributed by atoms with van der Waals surface area (Å²) in [6.07, 6.45) is 1.47. The van der Waals surface area contributed by atoms with Crippen LogP contribution < -0.4 is 15.5 Å². The minimum Gasteiger partial charge on any atom is -0.497 e. The molecule has 0 saturated carbocycles. The number of carbonyl (C=O) groups excluding carboxylic acids is 2. The summed E-state index contributed by atoms with van der Waals surface area (Å²) in [4.78, 5) is 24.0. The maximum Gasteiger partial charge on any atom is 0.329 e. The van der Waals surface area contributed by atoms with Gasteiger partial charge in [0.05, 0.1) is 24.0 Å². The van der Waals surface area contributed by atoms with Crippen LogP contribution in [0, 0.1) is 13.8 Å². The highest BCUT2D eigenvalue weighted by Crippen LogP contribution is 2.28. The van der Waals surface area contributed by atoms with Crippen molar-refractivity contribution in [2.45, 2.75) is 13.8 Å². The number of methoxy groups -OCH3 is 1. The van der Waals surface area contributed by atoms with E-state index in [1.54, 1.807) is 43.5 Å². The molecule has 1 aromatic heterocycles. The molecule has 2 aromatic carbocycles. The van der Waals surface area contributed by atoms with E-state index in [1.807, 2.05) is 30.5 Å². The van der Waals surface area contributed by atoms with E-state index in [2.05, 4.69) is 15.8 Å². The van der Waals surface area contributed by atoms with Crippen LogP contribution >= 0.6 is 23.2 Å². The second kappa shape index (κ2) is 9.68. The van der Waals surface area contributed by atoms with Gasteiger partial charge in [-0.25, -0.2) is 5.43 Å². The quantitative estimate of drug-likeness (QED) is 0.335. The largest absolute Gasteiger partial charge is 0.497 e. The maximum atomic E-state index is 12.0. The number of hydrogen-bond donors (Lipinski definition) is 2. The molecule has 3 rings (SSSR count). The van der Waals surface area contributed by atoms with Crippen LogP contribution in [-0.4, -0.2) is 29.7 Å². The Kier molecular flexibility index (Phi) is 6.99. The summed E-state index contributed by atoms with van der Waals surface area (Å²) in [5.74, 6) is -1.08. The molecule has 160 valence electrons. The zero-order valence-electron chi connectivity index (χ0n) is 17.1. The van der Waals surface area contributed by atoms with Crippen molar-refractivity contribution in [2.75, 3.05) is 12.4 Å². The Labute approximate surface area is 189 Å². The molecule has 0 aliphatic heterocycles. The first-order chi connectivity index (χ1) is 14.8. The molecule has 2 amide bonds. The van der Waals surface area contributed by atoms with Gasteiger partial charge in [0.1, 0.15) is 5.75 Å². The lowest BCUT2D eigenvalue weighted by atomic mass is 10.2. The van der Waals surface area contributed by atoms with Crippen LogP contribution in [0.25, 0.3) is 5.69 Å². The molecule has 0 aliphatic rings. The van der Waals surface area contributed by atoms with Gasteiger partial charge in [-0.3, -0.25) is 9.59 Å². The Hall–Kier alpha value is -3.29. The van der Waals surface area contributed by atoms with Crippen LogP contribution in [0.15, 0.2) is 53.6 Å². The van der Waals surface area contributed by atoms with E-state index in [0.717, 1.165) is 22.6 Å². The average molecular weight is 459 g/mol. The highest BCUT2D eigenvalue weighted by Gasteiger charge is 2.14. The Bertz CT molecular complexity index is 1150. The van der Waals surface area contributed by atoms with Crippen molar-refractivity contribution >= 4 is 46.9 Å². The van der Waals surface area contributed by atoms with Gasteiger partial charge in [0, 0.05) is 27.7 Å². The number of ether oxygens (including phenoxy) is 1. The summed E-state index contributed by atoms with van der Waals surface area (Å²) in [6.45, 7) is 3.83. The minimum atomic E-state index is -0.887. The average Bonchev–Trinajstić information content (AvgIpc) is 3.02. The van der Waals surface area contributed by atoms with E-state index in [4.69, 9.17) is 27.9 Å². The molecule has 3 aromatic rings. The fraction of sp³-hybridized carbons (Fsp3) is 0.136. The van der Waals surface area contributed by atoms with E-state index in [9.17, 15) is 9.59 Å². The predicted molar refractivity (Wildman–Crippen MR) is 123 cm³/mol. The van der Waals surface area contributed by atoms with Crippen molar-refractivity contribution in [1.29, 1.82) is 0 Å². The van der Waals surface area contributed by atoms with Crippen molar-refractivity contribution in [2.24, 2.45) is 5.10 Å². The molecule has 1 heterocycles. The monoisotopic (exact) mass is 458 g/mol.